The van der Waals surface area contributed by atoms with Crippen molar-refractivity contribution in [3.05, 3.63) is 82.1 Å². The summed E-state index contributed by atoms with van der Waals surface area (Å²) in [5.74, 6) is -3.12. The Balaban J connectivity index is 2.16. The van der Waals surface area contributed by atoms with Gasteiger partial charge in [-0.3, -0.25) is 9.11 Å². The van der Waals surface area contributed by atoms with Crippen molar-refractivity contribution >= 4 is 77.2 Å². The number of fused-ring (bicyclic) bond motifs is 3. The van der Waals surface area contributed by atoms with E-state index >= 15 is 0 Å². The van der Waals surface area contributed by atoms with Crippen LogP contribution in [0.3, 0.4) is 0 Å². The molecule has 0 spiro atoms. The van der Waals surface area contributed by atoms with Gasteiger partial charge in [-0.25, -0.2) is 19.6 Å². The Bertz CT molecular complexity index is 2240. The summed E-state index contributed by atoms with van der Waals surface area (Å²) in [6.45, 7) is 0. The number of halogens is 2. The molecule has 2 heterocycles. The van der Waals surface area contributed by atoms with Crippen molar-refractivity contribution in [3.8, 4) is 22.3 Å². The largest absolute Gasteiger partial charge is 0.477 e. The first-order chi connectivity index (χ1) is 19.6. The average molecular weight is 649 g/mol. The molecular weight excluding hydrogens is 635 g/mol. The van der Waals surface area contributed by atoms with Crippen LogP contribution in [-0.4, -0.2) is 58.1 Å². The smallest absolute Gasteiger partial charge is 0.355 e. The van der Waals surface area contributed by atoms with Crippen LogP contribution in [0.5, 0.6) is 0 Å². The summed E-state index contributed by atoms with van der Waals surface area (Å²) in [6, 6.07) is 12.6. The number of carbonyl (C=O) groups is 2. The maximum atomic E-state index is 12.7. The van der Waals surface area contributed by atoms with Gasteiger partial charge in [-0.15, -0.1) is 0 Å². The molecule has 2 aromatic heterocycles. The van der Waals surface area contributed by atoms with E-state index in [9.17, 15) is 45.7 Å². The highest BCUT2D eigenvalue weighted by Crippen LogP contribution is 2.47. The molecule has 0 amide bonds. The minimum Gasteiger partial charge on any atom is -0.477 e. The topological polar surface area (TPSA) is 209 Å². The number of carboxylic acid groups (broad SMARTS) is 2. The van der Waals surface area contributed by atoms with Crippen LogP contribution >= 0.6 is 23.2 Å². The first-order valence-corrected chi connectivity index (χ1v) is 15.0. The Morgan fingerprint density at radius 2 is 1.17 bits per heavy atom. The van der Waals surface area contributed by atoms with Crippen LogP contribution in [0.25, 0.3) is 44.1 Å². The number of nitrogens with zero attached hydrogens (tertiary/aromatic N) is 2. The molecule has 42 heavy (non-hydrogen) atoms. The number of rotatable bonds is 6. The fourth-order valence-corrected chi connectivity index (χ4v) is 7.12. The van der Waals surface area contributed by atoms with E-state index in [1.165, 1.54) is 42.5 Å². The summed E-state index contributed by atoms with van der Waals surface area (Å²) in [5.41, 5.74) is -3.20. The molecule has 16 heteroatoms. The van der Waals surface area contributed by atoms with E-state index in [4.69, 9.17) is 23.2 Å². The van der Waals surface area contributed by atoms with Gasteiger partial charge < -0.3 is 10.2 Å². The monoisotopic (exact) mass is 648 g/mol. The Morgan fingerprint density at radius 1 is 0.643 bits per heavy atom. The minimum absolute atomic E-state index is 0.0361. The normalized spacial score (nSPS) is 12.1. The third-order valence-electron chi connectivity index (χ3n) is 6.23. The van der Waals surface area contributed by atoms with Crippen molar-refractivity contribution in [2.45, 2.75) is 9.79 Å². The van der Waals surface area contributed by atoms with Crippen molar-refractivity contribution in [2.75, 3.05) is 0 Å². The van der Waals surface area contributed by atoms with E-state index in [-0.39, 0.29) is 27.5 Å². The van der Waals surface area contributed by atoms with Crippen LogP contribution in [-0.2, 0) is 20.2 Å². The molecule has 0 bridgehead atoms. The second-order valence-corrected chi connectivity index (χ2v) is 12.3. The third kappa shape index (κ3) is 4.93. The van der Waals surface area contributed by atoms with Gasteiger partial charge in [-0.05, 0) is 18.2 Å². The standard InChI is InChI=1S/C26H14Cl2N2O10S2/c27-15-5-1-3-13(23(15)41(35,36)37)18-12-9-7-11-8-10-17(25(31)32)29-20(11)21(12)30-22(26(33)34)19(18)14-4-2-6-16(28)24(14)42(38,39)40/h1-10H,(H,31,32)(H,33,34)(H,35,36,37)(H,38,39,40). The zero-order valence-electron chi connectivity index (χ0n) is 20.5. The van der Waals surface area contributed by atoms with Crippen molar-refractivity contribution in [3.63, 3.8) is 0 Å². The fourth-order valence-electron chi connectivity index (χ4n) is 4.66. The molecular formula is C26H14Cl2N2O10S2. The summed E-state index contributed by atoms with van der Waals surface area (Å²) in [7, 11) is -10.2. The molecule has 12 nitrogen and oxygen atoms in total. The SMILES string of the molecule is O=C(O)c1ccc2ccc3c(-c4cccc(Cl)c4S(=O)(=O)O)c(-c4cccc(Cl)c4S(=O)(=O)O)c(C(=O)O)nc3c2n1. The molecule has 5 rings (SSSR count). The first-order valence-electron chi connectivity index (χ1n) is 11.4. The maximum Gasteiger partial charge on any atom is 0.355 e. The number of hydrogen-bond acceptors (Lipinski definition) is 8. The van der Waals surface area contributed by atoms with Crippen molar-refractivity contribution in [1.82, 2.24) is 9.97 Å². The van der Waals surface area contributed by atoms with Gasteiger partial charge in [-0.2, -0.15) is 16.8 Å². The lowest BCUT2D eigenvalue weighted by Gasteiger charge is -2.20. The van der Waals surface area contributed by atoms with Crippen molar-refractivity contribution in [2.24, 2.45) is 0 Å². The number of pyridine rings is 2. The van der Waals surface area contributed by atoms with Crippen molar-refractivity contribution in [1.29, 1.82) is 0 Å². The molecule has 0 unspecified atom stereocenters. The van der Waals surface area contributed by atoms with Crippen molar-refractivity contribution < 1.29 is 45.7 Å². The second kappa shape index (κ2) is 10.3. The summed E-state index contributed by atoms with van der Waals surface area (Å²) in [6.07, 6.45) is 0. The Hall–Kier alpha value is -4.18. The van der Waals surface area contributed by atoms with Crippen LogP contribution in [0.1, 0.15) is 21.0 Å². The van der Waals surface area contributed by atoms with Gasteiger partial charge in [0.1, 0.15) is 15.5 Å². The summed E-state index contributed by atoms with van der Waals surface area (Å²) >= 11 is 12.3. The summed E-state index contributed by atoms with van der Waals surface area (Å²) < 4.78 is 70.3. The van der Waals surface area contributed by atoms with Crippen LogP contribution in [0.2, 0.25) is 10.0 Å². The molecule has 0 aliphatic heterocycles. The highest BCUT2D eigenvalue weighted by molar-refractivity contribution is 7.86. The molecule has 0 radical (unpaired) electrons. The van der Waals surface area contributed by atoms with E-state index in [0.29, 0.717) is 5.39 Å². The number of carboxylic acids is 2. The Labute approximate surface area is 246 Å². The van der Waals surface area contributed by atoms with E-state index in [1.807, 2.05) is 0 Å². The number of benzene rings is 3. The van der Waals surface area contributed by atoms with Gasteiger partial charge in [0.05, 0.1) is 21.1 Å². The molecule has 214 valence electrons. The quantitative estimate of drug-likeness (QED) is 0.136. The predicted octanol–water partition coefficient (Wildman–Crippen LogP) is 5.31. The third-order valence-corrected chi connectivity index (χ3v) is 8.99. The molecule has 0 fully saturated rings. The van der Waals surface area contributed by atoms with Crippen LogP contribution in [0, 0.1) is 0 Å². The number of aromatic carboxylic acids is 2. The van der Waals surface area contributed by atoms with E-state index in [2.05, 4.69) is 9.97 Å². The average Bonchev–Trinajstić information content (AvgIpc) is 2.89. The van der Waals surface area contributed by atoms with Crippen LogP contribution < -0.4 is 0 Å². The van der Waals surface area contributed by atoms with E-state index in [0.717, 1.165) is 18.2 Å². The molecule has 0 aliphatic rings. The Morgan fingerprint density at radius 3 is 1.67 bits per heavy atom. The van der Waals surface area contributed by atoms with E-state index in [1.54, 1.807) is 0 Å². The highest BCUT2D eigenvalue weighted by Gasteiger charge is 2.32. The van der Waals surface area contributed by atoms with Gasteiger partial charge >= 0.3 is 11.9 Å². The van der Waals surface area contributed by atoms with Crippen LogP contribution in [0.4, 0.5) is 0 Å². The lowest BCUT2D eigenvalue weighted by Crippen LogP contribution is -2.11. The predicted molar refractivity (Wildman–Crippen MR) is 151 cm³/mol. The van der Waals surface area contributed by atoms with E-state index < -0.39 is 74.5 Å². The molecule has 5 aromatic rings. The zero-order valence-corrected chi connectivity index (χ0v) is 23.6. The summed E-state index contributed by atoms with van der Waals surface area (Å²) in [4.78, 5) is 30.9. The maximum absolute atomic E-state index is 12.7. The van der Waals surface area contributed by atoms with Crippen LogP contribution in [0.15, 0.2) is 70.5 Å². The second-order valence-electron chi connectivity index (χ2n) is 8.73. The molecule has 0 aliphatic carbocycles. The molecule has 3 aromatic carbocycles. The van der Waals surface area contributed by atoms with Gasteiger partial charge in [0, 0.05) is 33.0 Å². The number of hydrogen-bond donors (Lipinski definition) is 4. The summed E-state index contributed by atoms with van der Waals surface area (Å²) in [5, 5.41) is 19.1. The van der Waals surface area contributed by atoms with Gasteiger partial charge in [-0.1, -0.05) is 65.7 Å². The number of aromatic nitrogens is 2. The van der Waals surface area contributed by atoms with Gasteiger partial charge in [0.25, 0.3) is 20.2 Å². The molecule has 0 atom stereocenters. The zero-order chi connectivity index (χ0) is 30.7. The highest BCUT2D eigenvalue weighted by atomic mass is 35.5. The molecule has 0 saturated carbocycles. The molecule has 4 N–H and O–H groups in total. The first kappa shape index (κ1) is 29.3. The van der Waals surface area contributed by atoms with Gasteiger partial charge in [0.15, 0.2) is 5.69 Å². The fraction of sp³-hybridized carbons (Fsp3) is 0. The lowest BCUT2D eigenvalue weighted by atomic mass is 9.89. The minimum atomic E-state index is -5.13. The lowest BCUT2D eigenvalue weighted by molar-refractivity contribution is 0.0680. The Kier molecular flexibility index (Phi) is 7.17. The molecule has 0 saturated heterocycles. The van der Waals surface area contributed by atoms with Gasteiger partial charge in [0.2, 0.25) is 0 Å².